The number of nitrogens with one attached hydrogen (secondary N) is 2. The Bertz CT molecular complexity index is 924. The minimum absolute atomic E-state index is 0.116. The van der Waals surface area contributed by atoms with E-state index < -0.39 is 40.8 Å². The van der Waals surface area contributed by atoms with Gasteiger partial charge in [0.2, 0.25) is 0 Å². The van der Waals surface area contributed by atoms with Crippen molar-refractivity contribution in [1.29, 1.82) is 5.41 Å². The zero-order valence-electron chi connectivity index (χ0n) is 15.8. The number of aromatic nitrogens is 1. The molecule has 0 aliphatic carbocycles. The molecule has 0 aliphatic rings. The molecule has 0 amide bonds. The number of benzene rings is 1. The van der Waals surface area contributed by atoms with Gasteiger partial charge in [-0.15, -0.1) is 13.2 Å². The van der Waals surface area contributed by atoms with Crippen LogP contribution in [-0.2, 0) is 0 Å². The van der Waals surface area contributed by atoms with Crippen LogP contribution in [0.1, 0.15) is 42.4 Å². The second-order valence-electron chi connectivity index (χ2n) is 6.87. The van der Waals surface area contributed by atoms with E-state index in [9.17, 15) is 27.5 Å². The van der Waals surface area contributed by atoms with Crippen LogP contribution in [0.25, 0.3) is 0 Å². The van der Waals surface area contributed by atoms with Gasteiger partial charge in [0, 0.05) is 17.3 Å². The number of rotatable bonds is 7. The Morgan fingerprint density at radius 2 is 1.97 bits per heavy atom. The third-order valence-corrected chi connectivity index (χ3v) is 4.15. The Hall–Kier alpha value is -3.01. The van der Waals surface area contributed by atoms with Gasteiger partial charge in [0.15, 0.2) is 6.29 Å². The molecule has 156 valence electrons. The Labute approximate surface area is 164 Å². The third-order valence-electron chi connectivity index (χ3n) is 4.15. The molecule has 0 saturated heterocycles. The van der Waals surface area contributed by atoms with Crippen molar-refractivity contribution >= 4 is 17.7 Å². The number of nitrogens with zero attached hydrogens (tertiary/aromatic N) is 1. The molecule has 2 aromatic rings. The lowest BCUT2D eigenvalue weighted by Crippen LogP contribution is -2.39. The quantitative estimate of drug-likeness (QED) is 0.363. The lowest BCUT2D eigenvalue weighted by Gasteiger charge is -2.28. The van der Waals surface area contributed by atoms with Crippen molar-refractivity contribution < 1.29 is 32.2 Å². The van der Waals surface area contributed by atoms with E-state index in [2.05, 4.69) is 15.0 Å². The Kier molecular flexibility index (Phi) is 6.27. The summed E-state index contributed by atoms with van der Waals surface area (Å²) in [4.78, 5) is 15.0. The number of carbonyl (C=O) groups is 1. The second kappa shape index (κ2) is 8.16. The SMILES string of the molecule is CC(Nc1cc(C=O)cnc1C(=N)c1cc(OC(F)(F)F)ccc1F)C(C)(C)O. The summed E-state index contributed by atoms with van der Waals surface area (Å²) in [6.07, 6.45) is -3.32. The predicted molar refractivity (Wildman–Crippen MR) is 98.0 cm³/mol. The summed E-state index contributed by atoms with van der Waals surface area (Å²) in [5.41, 5.74) is -2.02. The number of halogens is 4. The number of anilines is 1. The Morgan fingerprint density at radius 3 is 2.52 bits per heavy atom. The van der Waals surface area contributed by atoms with E-state index in [0.717, 1.165) is 24.4 Å². The monoisotopic (exact) mass is 413 g/mol. The third kappa shape index (κ3) is 5.74. The average molecular weight is 413 g/mol. The van der Waals surface area contributed by atoms with Crippen LogP contribution in [0, 0.1) is 11.2 Å². The molecule has 3 N–H and O–H groups in total. The second-order valence-corrected chi connectivity index (χ2v) is 6.87. The van der Waals surface area contributed by atoms with E-state index in [-0.39, 0.29) is 16.9 Å². The van der Waals surface area contributed by atoms with Crippen LogP contribution in [-0.4, -0.2) is 40.1 Å². The van der Waals surface area contributed by atoms with Crippen LogP contribution < -0.4 is 10.1 Å². The van der Waals surface area contributed by atoms with Crippen LogP contribution in [0.5, 0.6) is 5.75 Å². The van der Waals surface area contributed by atoms with E-state index in [1.54, 1.807) is 6.92 Å². The molecule has 1 unspecified atom stereocenters. The number of carbonyl (C=O) groups excluding carboxylic acids is 1. The summed E-state index contributed by atoms with van der Waals surface area (Å²) in [5.74, 6) is -1.64. The number of hydrogen-bond acceptors (Lipinski definition) is 6. The highest BCUT2D eigenvalue weighted by atomic mass is 19.4. The lowest BCUT2D eigenvalue weighted by molar-refractivity contribution is -0.274. The predicted octanol–water partition coefficient (Wildman–Crippen LogP) is 3.92. The summed E-state index contributed by atoms with van der Waals surface area (Å²) in [6, 6.07) is 3.06. The van der Waals surface area contributed by atoms with Gasteiger partial charge in [0.25, 0.3) is 0 Å². The Balaban J connectivity index is 2.50. The molecule has 0 fully saturated rings. The van der Waals surface area contributed by atoms with Gasteiger partial charge in [0.1, 0.15) is 17.3 Å². The van der Waals surface area contributed by atoms with Crippen molar-refractivity contribution in [3.63, 3.8) is 0 Å². The van der Waals surface area contributed by atoms with E-state index in [1.807, 2.05) is 0 Å². The van der Waals surface area contributed by atoms with E-state index in [4.69, 9.17) is 5.41 Å². The number of aldehydes is 1. The minimum Gasteiger partial charge on any atom is -0.406 e. The largest absolute Gasteiger partial charge is 0.573 e. The average Bonchev–Trinajstić information content (AvgIpc) is 2.60. The van der Waals surface area contributed by atoms with Crippen molar-refractivity contribution in [2.75, 3.05) is 5.32 Å². The Morgan fingerprint density at radius 1 is 1.31 bits per heavy atom. The molecule has 1 aromatic heterocycles. The molecule has 6 nitrogen and oxygen atoms in total. The van der Waals surface area contributed by atoms with E-state index in [1.165, 1.54) is 19.9 Å². The summed E-state index contributed by atoms with van der Waals surface area (Å²) in [7, 11) is 0. The number of ether oxygens (including phenoxy) is 1. The molecule has 2 rings (SSSR count). The summed E-state index contributed by atoms with van der Waals surface area (Å²) in [6.45, 7) is 4.70. The molecule has 0 spiro atoms. The molecular formula is C19H19F4N3O3. The highest BCUT2D eigenvalue weighted by molar-refractivity contribution is 6.13. The van der Waals surface area contributed by atoms with Crippen molar-refractivity contribution in [2.45, 2.75) is 38.8 Å². The van der Waals surface area contributed by atoms with Gasteiger partial charge >= 0.3 is 6.36 Å². The molecule has 1 atom stereocenters. The lowest BCUT2D eigenvalue weighted by atomic mass is 9.99. The van der Waals surface area contributed by atoms with Gasteiger partial charge in [-0.05, 0) is 45.0 Å². The number of hydrogen-bond donors (Lipinski definition) is 3. The summed E-state index contributed by atoms with van der Waals surface area (Å²) in [5, 5.41) is 21.3. The molecule has 10 heteroatoms. The molecule has 1 heterocycles. The van der Waals surface area contributed by atoms with Crippen molar-refractivity contribution in [1.82, 2.24) is 4.98 Å². The molecule has 0 bridgehead atoms. The first-order valence-corrected chi connectivity index (χ1v) is 8.40. The molecule has 1 aromatic carbocycles. The first-order valence-electron chi connectivity index (χ1n) is 8.40. The zero-order valence-corrected chi connectivity index (χ0v) is 15.8. The van der Waals surface area contributed by atoms with E-state index >= 15 is 0 Å². The smallest absolute Gasteiger partial charge is 0.406 e. The molecule has 0 saturated carbocycles. The molecule has 0 radical (unpaired) electrons. The van der Waals surface area contributed by atoms with Crippen LogP contribution in [0.15, 0.2) is 30.5 Å². The van der Waals surface area contributed by atoms with Crippen molar-refractivity contribution in [2.24, 2.45) is 0 Å². The fourth-order valence-electron chi connectivity index (χ4n) is 2.29. The van der Waals surface area contributed by atoms with Gasteiger partial charge in [-0.25, -0.2) is 4.39 Å². The van der Waals surface area contributed by atoms with Gasteiger partial charge < -0.3 is 15.2 Å². The minimum atomic E-state index is -4.98. The molecular weight excluding hydrogens is 394 g/mol. The first kappa shape index (κ1) is 22.3. The maximum Gasteiger partial charge on any atom is 0.573 e. The van der Waals surface area contributed by atoms with Gasteiger partial charge in [0.05, 0.1) is 23.0 Å². The van der Waals surface area contributed by atoms with E-state index in [0.29, 0.717) is 6.29 Å². The molecule has 29 heavy (non-hydrogen) atoms. The maximum absolute atomic E-state index is 14.2. The zero-order chi connectivity index (χ0) is 22.0. The fourth-order valence-corrected chi connectivity index (χ4v) is 2.29. The highest BCUT2D eigenvalue weighted by Crippen LogP contribution is 2.28. The van der Waals surface area contributed by atoms with Gasteiger partial charge in [-0.2, -0.15) is 0 Å². The van der Waals surface area contributed by atoms with Crippen LogP contribution in [0.2, 0.25) is 0 Å². The van der Waals surface area contributed by atoms with Crippen molar-refractivity contribution in [3.05, 3.63) is 53.1 Å². The number of pyridine rings is 1. The van der Waals surface area contributed by atoms with Crippen LogP contribution >= 0.6 is 0 Å². The van der Waals surface area contributed by atoms with Crippen molar-refractivity contribution in [3.8, 4) is 5.75 Å². The fraction of sp³-hybridized carbons (Fsp3) is 0.316. The summed E-state index contributed by atoms with van der Waals surface area (Å²) < 4.78 is 55.4. The normalized spacial score (nSPS) is 13.0. The standard InChI is InChI=1S/C19H19F4N3O3/c1-10(18(2,3)28)26-15-6-11(9-27)8-25-17(15)16(24)13-7-12(4-5-14(13)20)29-19(21,22)23/h4-10,24,26,28H,1-3H3. The van der Waals surface area contributed by atoms with Gasteiger partial charge in [-0.3, -0.25) is 15.2 Å². The summed E-state index contributed by atoms with van der Waals surface area (Å²) >= 11 is 0. The topological polar surface area (TPSA) is 95.3 Å². The highest BCUT2D eigenvalue weighted by Gasteiger charge is 2.32. The van der Waals surface area contributed by atoms with Crippen LogP contribution in [0.3, 0.4) is 0 Å². The first-order chi connectivity index (χ1) is 13.3. The number of aliphatic hydroxyl groups is 1. The maximum atomic E-state index is 14.2. The van der Waals surface area contributed by atoms with Crippen LogP contribution in [0.4, 0.5) is 23.2 Å². The van der Waals surface area contributed by atoms with Gasteiger partial charge in [-0.1, -0.05) is 0 Å². The number of alkyl halides is 3. The molecule has 0 aliphatic heterocycles.